The second-order valence-electron chi connectivity index (χ2n) is 3.85. The molecular formula is C12H15N3. The molecule has 0 aromatic heterocycles. The molecule has 0 bridgehead atoms. The summed E-state index contributed by atoms with van der Waals surface area (Å²) in [5, 5.41) is 11.0. The Bertz CT molecular complexity index is 361. The van der Waals surface area contributed by atoms with Crippen molar-refractivity contribution in [3.05, 3.63) is 29.8 Å². The highest BCUT2D eigenvalue weighted by Gasteiger charge is 2.09. The number of rotatable bonds is 2. The molecule has 0 amide bonds. The fourth-order valence-corrected chi connectivity index (χ4v) is 1.85. The molecule has 15 heavy (non-hydrogen) atoms. The van der Waals surface area contributed by atoms with Gasteiger partial charge in [-0.3, -0.25) is 0 Å². The van der Waals surface area contributed by atoms with Crippen LogP contribution in [0.15, 0.2) is 24.3 Å². The molecule has 1 heterocycles. The summed E-state index contributed by atoms with van der Waals surface area (Å²) in [4.78, 5) is 0. The lowest BCUT2D eigenvalue weighted by Crippen LogP contribution is -2.34. The molecule has 0 saturated carbocycles. The molecule has 1 aromatic carbocycles. The molecule has 0 aliphatic carbocycles. The van der Waals surface area contributed by atoms with Crippen molar-refractivity contribution in [3.63, 3.8) is 0 Å². The Kier molecular flexibility index (Phi) is 3.21. The minimum atomic E-state index is 0.706. The van der Waals surface area contributed by atoms with Crippen molar-refractivity contribution >= 4 is 5.69 Å². The zero-order chi connectivity index (χ0) is 10.5. The SMILES string of the molecule is N#Cc1cccc(NN2CCCCC2)c1. The van der Waals surface area contributed by atoms with E-state index in [1.807, 2.05) is 24.3 Å². The van der Waals surface area contributed by atoms with Gasteiger partial charge in [0.15, 0.2) is 0 Å². The third kappa shape index (κ3) is 2.71. The largest absolute Gasteiger partial charge is 0.319 e. The fourth-order valence-electron chi connectivity index (χ4n) is 1.85. The van der Waals surface area contributed by atoms with E-state index in [0.29, 0.717) is 5.56 Å². The summed E-state index contributed by atoms with van der Waals surface area (Å²) < 4.78 is 0. The van der Waals surface area contributed by atoms with Gasteiger partial charge < -0.3 is 5.43 Å². The fraction of sp³-hybridized carbons (Fsp3) is 0.417. The third-order valence-corrected chi connectivity index (χ3v) is 2.63. The molecule has 1 saturated heterocycles. The van der Waals surface area contributed by atoms with E-state index in [4.69, 9.17) is 5.26 Å². The average Bonchev–Trinajstić information content (AvgIpc) is 2.31. The van der Waals surface area contributed by atoms with E-state index in [9.17, 15) is 0 Å². The molecule has 1 N–H and O–H groups in total. The van der Waals surface area contributed by atoms with Crippen molar-refractivity contribution in [2.75, 3.05) is 18.5 Å². The molecule has 2 rings (SSSR count). The number of hydrogen-bond acceptors (Lipinski definition) is 3. The first-order valence-electron chi connectivity index (χ1n) is 5.40. The minimum absolute atomic E-state index is 0.706. The van der Waals surface area contributed by atoms with Crippen LogP contribution in [0.25, 0.3) is 0 Å². The minimum Gasteiger partial charge on any atom is -0.319 e. The molecular weight excluding hydrogens is 186 g/mol. The van der Waals surface area contributed by atoms with E-state index in [1.54, 1.807) is 0 Å². The molecule has 1 aromatic rings. The van der Waals surface area contributed by atoms with Gasteiger partial charge in [-0.2, -0.15) is 5.26 Å². The topological polar surface area (TPSA) is 39.1 Å². The van der Waals surface area contributed by atoms with E-state index in [-0.39, 0.29) is 0 Å². The van der Waals surface area contributed by atoms with Crippen molar-refractivity contribution < 1.29 is 0 Å². The van der Waals surface area contributed by atoms with E-state index in [2.05, 4.69) is 16.5 Å². The van der Waals surface area contributed by atoms with Crippen LogP contribution in [0.3, 0.4) is 0 Å². The van der Waals surface area contributed by atoms with Gasteiger partial charge in [-0.25, -0.2) is 5.01 Å². The predicted octanol–water partition coefficient (Wildman–Crippen LogP) is 2.37. The van der Waals surface area contributed by atoms with Crippen LogP contribution in [0.2, 0.25) is 0 Å². The van der Waals surface area contributed by atoms with Gasteiger partial charge in [-0.15, -0.1) is 0 Å². The zero-order valence-corrected chi connectivity index (χ0v) is 8.74. The lowest BCUT2D eigenvalue weighted by atomic mass is 10.2. The number of hydrogen-bond donors (Lipinski definition) is 1. The van der Waals surface area contributed by atoms with Crippen LogP contribution >= 0.6 is 0 Å². The number of nitrogens with zero attached hydrogens (tertiary/aromatic N) is 2. The lowest BCUT2D eigenvalue weighted by Gasteiger charge is -2.27. The lowest BCUT2D eigenvalue weighted by molar-refractivity contribution is 0.273. The molecule has 1 aliphatic rings. The first-order valence-corrected chi connectivity index (χ1v) is 5.40. The maximum absolute atomic E-state index is 8.78. The van der Waals surface area contributed by atoms with E-state index in [1.165, 1.54) is 19.3 Å². The monoisotopic (exact) mass is 201 g/mol. The zero-order valence-electron chi connectivity index (χ0n) is 8.74. The Morgan fingerprint density at radius 3 is 2.73 bits per heavy atom. The first kappa shape index (κ1) is 10.0. The second-order valence-corrected chi connectivity index (χ2v) is 3.85. The highest BCUT2D eigenvalue weighted by atomic mass is 15.5. The number of anilines is 1. The Morgan fingerprint density at radius 1 is 1.20 bits per heavy atom. The summed E-state index contributed by atoms with van der Waals surface area (Å²) >= 11 is 0. The molecule has 0 unspecified atom stereocenters. The summed E-state index contributed by atoms with van der Waals surface area (Å²) in [5.41, 5.74) is 5.05. The van der Waals surface area contributed by atoms with Crippen LogP contribution in [0.4, 0.5) is 5.69 Å². The van der Waals surface area contributed by atoms with Crippen LogP contribution in [0, 0.1) is 11.3 Å². The molecule has 1 aliphatic heterocycles. The van der Waals surface area contributed by atoms with Crippen LogP contribution in [0.1, 0.15) is 24.8 Å². The number of nitrogens with one attached hydrogen (secondary N) is 1. The number of benzene rings is 1. The van der Waals surface area contributed by atoms with Gasteiger partial charge in [-0.05, 0) is 31.0 Å². The van der Waals surface area contributed by atoms with E-state index >= 15 is 0 Å². The molecule has 0 radical (unpaired) electrons. The Morgan fingerprint density at radius 2 is 2.00 bits per heavy atom. The van der Waals surface area contributed by atoms with Gasteiger partial charge in [-0.1, -0.05) is 12.5 Å². The van der Waals surface area contributed by atoms with Gasteiger partial charge >= 0.3 is 0 Å². The van der Waals surface area contributed by atoms with Crippen molar-refractivity contribution in [3.8, 4) is 6.07 Å². The molecule has 3 nitrogen and oxygen atoms in total. The predicted molar refractivity (Wildman–Crippen MR) is 60.2 cm³/mol. The van der Waals surface area contributed by atoms with E-state index < -0.39 is 0 Å². The van der Waals surface area contributed by atoms with Crippen LogP contribution in [-0.4, -0.2) is 18.1 Å². The van der Waals surface area contributed by atoms with Gasteiger partial charge in [0.05, 0.1) is 17.3 Å². The van der Waals surface area contributed by atoms with Gasteiger partial charge in [0.1, 0.15) is 0 Å². The maximum Gasteiger partial charge on any atom is 0.0992 e. The van der Waals surface area contributed by atoms with Gasteiger partial charge in [0.25, 0.3) is 0 Å². The molecule has 0 spiro atoms. The summed E-state index contributed by atoms with van der Waals surface area (Å²) in [5.74, 6) is 0. The van der Waals surface area contributed by atoms with Crippen molar-refractivity contribution in [2.24, 2.45) is 0 Å². The van der Waals surface area contributed by atoms with Crippen molar-refractivity contribution in [1.82, 2.24) is 5.01 Å². The normalized spacial score (nSPS) is 17.0. The Hall–Kier alpha value is -1.53. The highest BCUT2D eigenvalue weighted by molar-refractivity contribution is 5.48. The molecule has 3 heteroatoms. The van der Waals surface area contributed by atoms with Crippen molar-refractivity contribution in [1.29, 1.82) is 5.26 Å². The number of piperidine rings is 1. The van der Waals surface area contributed by atoms with E-state index in [0.717, 1.165) is 18.8 Å². The quantitative estimate of drug-likeness (QED) is 0.798. The molecule has 1 fully saturated rings. The van der Waals surface area contributed by atoms with Crippen LogP contribution in [-0.2, 0) is 0 Å². The number of nitriles is 1. The Balaban J connectivity index is 2.00. The Labute approximate surface area is 90.3 Å². The summed E-state index contributed by atoms with van der Waals surface area (Å²) in [6, 6.07) is 9.75. The van der Waals surface area contributed by atoms with Crippen molar-refractivity contribution in [2.45, 2.75) is 19.3 Å². The van der Waals surface area contributed by atoms with Crippen LogP contribution in [0.5, 0.6) is 0 Å². The van der Waals surface area contributed by atoms with Crippen LogP contribution < -0.4 is 5.43 Å². The standard InChI is InChI=1S/C12H15N3/c13-10-11-5-4-6-12(9-11)14-15-7-2-1-3-8-15/h4-6,9,14H,1-3,7-8H2. The van der Waals surface area contributed by atoms with Gasteiger partial charge in [0, 0.05) is 13.1 Å². The molecule has 0 atom stereocenters. The average molecular weight is 201 g/mol. The van der Waals surface area contributed by atoms with Gasteiger partial charge in [0.2, 0.25) is 0 Å². The summed E-state index contributed by atoms with van der Waals surface area (Å²) in [6.45, 7) is 2.19. The smallest absolute Gasteiger partial charge is 0.0992 e. The highest BCUT2D eigenvalue weighted by Crippen LogP contribution is 2.14. The molecule has 78 valence electrons. The first-order chi connectivity index (χ1) is 7.38. The second kappa shape index (κ2) is 4.81. The summed E-state index contributed by atoms with van der Waals surface area (Å²) in [6.07, 6.45) is 3.84. The maximum atomic E-state index is 8.78. The third-order valence-electron chi connectivity index (χ3n) is 2.63. The summed E-state index contributed by atoms with van der Waals surface area (Å²) in [7, 11) is 0. The number of hydrazine groups is 1.